The number of carbonyl (C=O) groups excluding carboxylic acids is 1. The van der Waals surface area contributed by atoms with Crippen LogP contribution < -0.4 is 15.0 Å². The summed E-state index contributed by atoms with van der Waals surface area (Å²) in [7, 11) is 0. The van der Waals surface area contributed by atoms with Gasteiger partial charge in [-0.3, -0.25) is 0 Å². The van der Waals surface area contributed by atoms with Crippen molar-refractivity contribution < 1.29 is 19.2 Å². The van der Waals surface area contributed by atoms with Crippen molar-refractivity contribution in [3.63, 3.8) is 0 Å². The summed E-state index contributed by atoms with van der Waals surface area (Å²) < 4.78 is 10.2. The molecule has 114 valence electrons. The highest BCUT2D eigenvalue weighted by Gasteiger charge is 2.23. The first-order valence-corrected chi connectivity index (χ1v) is 6.54. The fourth-order valence-electron chi connectivity index (χ4n) is 1.91. The third-order valence-electron chi connectivity index (χ3n) is 2.89. The van der Waals surface area contributed by atoms with Crippen LogP contribution in [0.1, 0.15) is 6.92 Å². The molecule has 2 rings (SSSR count). The van der Waals surface area contributed by atoms with Crippen LogP contribution in [0.15, 0.2) is 12.3 Å². The third-order valence-corrected chi connectivity index (χ3v) is 2.89. The zero-order valence-electron chi connectivity index (χ0n) is 11.6. The predicted octanol–water partition coefficient (Wildman–Crippen LogP) is 0.935. The van der Waals surface area contributed by atoms with Gasteiger partial charge in [-0.15, -0.1) is 0 Å². The average Bonchev–Trinajstić information content (AvgIpc) is 2.48. The number of hydrogen-bond donors (Lipinski definition) is 1. The van der Waals surface area contributed by atoms with Crippen LogP contribution in [0.25, 0.3) is 0 Å². The van der Waals surface area contributed by atoms with Crippen LogP contribution in [0.5, 0.6) is 5.75 Å². The number of morpholine rings is 1. The van der Waals surface area contributed by atoms with Gasteiger partial charge in [-0.2, -0.15) is 0 Å². The number of pyridine rings is 1. The molecule has 1 aromatic heterocycles. The Morgan fingerprint density at radius 2 is 2.29 bits per heavy atom. The molecule has 0 saturated carbocycles. The van der Waals surface area contributed by atoms with Crippen LogP contribution in [0.3, 0.4) is 0 Å². The van der Waals surface area contributed by atoms with Crippen LogP contribution in [-0.2, 0) is 4.74 Å². The lowest BCUT2D eigenvalue weighted by molar-refractivity contribution is -0.390. The summed E-state index contributed by atoms with van der Waals surface area (Å²) in [5.41, 5.74) is 0.656. The Bertz CT molecular complexity index is 530. The van der Waals surface area contributed by atoms with Gasteiger partial charge in [0.1, 0.15) is 0 Å². The molecule has 0 aliphatic carbocycles. The number of hydrogen-bond acceptors (Lipinski definition) is 7. The van der Waals surface area contributed by atoms with E-state index in [0.29, 0.717) is 38.5 Å². The summed E-state index contributed by atoms with van der Waals surface area (Å²) in [6.45, 7) is 4.54. The van der Waals surface area contributed by atoms with Crippen molar-refractivity contribution in [2.45, 2.75) is 6.92 Å². The zero-order chi connectivity index (χ0) is 15.2. The minimum absolute atomic E-state index is 0.171. The normalized spacial score (nSPS) is 14.6. The number of ether oxygens (including phenoxy) is 2. The van der Waals surface area contributed by atoms with Crippen molar-refractivity contribution >= 4 is 17.6 Å². The number of aromatic nitrogens is 1. The smallest absolute Gasteiger partial charge is 0.401 e. The fourth-order valence-corrected chi connectivity index (χ4v) is 1.91. The Labute approximate surface area is 121 Å². The Kier molecular flexibility index (Phi) is 4.88. The van der Waals surface area contributed by atoms with Crippen molar-refractivity contribution in [1.82, 2.24) is 10.3 Å². The van der Waals surface area contributed by atoms with E-state index >= 15 is 0 Å². The van der Waals surface area contributed by atoms with Gasteiger partial charge in [-0.25, -0.2) is 4.79 Å². The lowest BCUT2D eigenvalue weighted by Crippen LogP contribution is -2.36. The summed E-state index contributed by atoms with van der Waals surface area (Å²) in [5, 5.41) is 13.4. The molecule has 1 aromatic rings. The van der Waals surface area contributed by atoms with Crippen LogP contribution >= 0.6 is 0 Å². The lowest BCUT2D eigenvalue weighted by atomic mass is 10.3. The van der Waals surface area contributed by atoms with Gasteiger partial charge >= 0.3 is 11.9 Å². The third kappa shape index (κ3) is 3.78. The second kappa shape index (κ2) is 6.84. The minimum atomic E-state index is -0.749. The van der Waals surface area contributed by atoms with Gasteiger partial charge in [0.15, 0.2) is 6.20 Å². The molecular weight excluding hydrogens is 280 g/mol. The van der Waals surface area contributed by atoms with Crippen molar-refractivity contribution in [2.24, 2.45) is 0 Å². The highest BCUT2D eigenvalue weighted by atomic mass is 16.6. The van der Waals surface area contributed by atoms with Crippen molar-refractivity contribution in [3.05, 3.63) is 22.4 Å². The largest absolute Gasteiger partial charge is 0.412 e. The van der Waals surface area contributed by atoms with Crippen LogP contribution in [0.4, 0.5) is 16.3 Å². The summed E-state index contributed by atoms with van der Waals surface area (Å²) in [4.78, 5) is 27.5. The molecular formula is C12H16N4O5. The molecule has 0 spiro atoms. The maximum Gasteiger partial charge on any atom is 0.412 e. The Morgan fingerprint density at radius 1 is 1.57 bits per heavy atom. The summed E-state index contributed by atoms with van der Waals surface area (Å²) >= 11 is 0. The number of nitro groups is 1. The first kappa shape index (κ1) is 15.0. The topological polar surface area (TPSA) is 107 Å². The molecule has 1 amide bonds. The second-order valence-electron chi connectivity index (χ2n) is 4.29. The number of anilines is 1. The van der Waals surface area contributed by atoms with Crippen molar-refractivity contribution in [1.29, 1.82) is 0 Å². The van der Waals surface area contributed by atoms with Gasteiger partial charge in [-0.05, 0) is 16.8 Å². The van der Waals surface area contributed by atoms with Gasteiger partial charge < -0.3 is 29.8 Å². The monoisotopic (exact) mass is 296 g/mol. The maximum absolute atomic E-state index is 11.5. The number of rotatable bonds is 4. The highest BCUT2D eigenvalue weighted by molar-refractivity contribution is 5.72. The molecule has 1 fully saturated rings. The van der Waals surface area contributed by atoms with E-state index in [0.717, 1.165) is 0 Å². The van der Waals surface area contributed by atoms with Gasteiger partial charge in [0.2, 0.25) is 5.75 Å². The molecule has 9 nitrogen and oxygen atoms in total. The van der Waals surface area contributed by atoms with Gasteiger partial charge in [0.25, 0.3) is 0 Å². The number of nitrogens with zero attached hydrogens (tertiary/aromatic N) is 3. The van der Waals surface area contributed by atoms with Gasteiger partial charge in [0, 0.05) is 25.7 Å². The molecule has 1 aliphatic rings. The van der Waals surface area contributed by atoms with E-state index < -0.39 is 16.8 Å². The molecule has 21 heavy (non-hydrogen) atoms. The lowest BCUT2D eigenvalue weighted by Gasteiger charge is -2.27. The molecule has 1 N–H and O–H groups in total. The zero-order valence-corrected chi connectivity index (χ0v) is 11.6. The van der Waals surface area contributed by atoms with Crippen LogP contribution in [-0.4, -0.2) is 48.8 Å². The van der Waals surface area contributed by atoms with Gasteiger partial charge in [-0.1, -0.05) is 0 Å². The molecule has 0 bridgehead atoms. The Morgan fingerprint density at radius 3 is 2.90 bits per heavy atom. The standard InChI is InChI=1S/C12H16N4O5/c1-2-13-12(17)21-10-7-9(8-14-11(10)16(18)19)15-3-5-20-6-4-15/h7-8H,2-6H2,1H3,(H,13,17). The molecule has 0 unspecified atom stereocenters. The van der Waals surface area contributed by atoms with Gasteiger partial charge in [0.05, 0.1) is 18.9 Å². The SMILES string of the molecule is CCNC(=O)Oc1cc(N2CCOCC2)cnc1[N+](=O)[O-]. The predicted molar refractivity (Wildman–Crippen MR) is 73.6 cm³/mol. The quantitative estimate of drug-likeness (QED) is 0.650. The van der Waals surface area contributed by atoms with E-state index in [1.54, 1.807) is 6.92 Å². The van der Waals surface area contributed by atoms with E-state index in [1.165, 1.54) is 12.3 Å². The van der Waals surface area contributed by atoms with E-state index in [2.05, 4.69) is 10.3 Å². The second-order valence-corrected chi connectivity index (χ2v) is 4.29. The summed E-state index contributed by atoms with van der Waals surface area (Å²) in [6, 6.07) is 1.45. The number of nitrogens with one attached hydrogen (secondary N) is 1. The Balaban J connectivity index is 2.25. The minimum Gasteiger partial charge on any atom is -0.401 e. The van der Waals surface area contributed by atoms with Crippen LogP contribution in [0, 0.1) is 10.1 Å². The molecule has 1 saturated heterocycles. The van der Waals surface area contributed by atoms with E-state index in [4.69, 9.17) is 9.47 Å². The Hall–Kier alpha value is -2.42. The summed E-state index contributed by atoms with van der Waals surface area (Å²) in [6.07, 6.45) is 0.648. The van der Waals surface area contributed by atoms with E-state index in [9.17, 15) is 14.9 Å². The maximum atomic E-state index is 11.5. The van der Waals surface area contributed by atoms with Crippen LogP contribution in [0.2, 0.25) is 0 Å². The van der Waals surface area contributed by atoms with Crippen molar-refractivity contribution in [2.75, 3.05) is 37.7 Å². The highest BCUT2D eigenvalue weighted by Crippen LogP contribution is 2.29. The van der Waals surface area contributed by atoms with Crippen molar-refractivity contribution in [3.8, 4) is 5.75 Å². The molecule has 0 atom stereocenters. The number of carbonyl (C=O) groups is 1. The molecule has 9 heteroatoms. The first-order chi connectivity index (χ1) is 10.1. The number of amides is 1. The molecule has 0 aromatic carbocycles. The van der Waals surface area contributed by atoms with E-state index in [-0.39, 0.29) is 5.75 Å². The molecule has 1 aliphatic heterocycles. The molecule has 0 radical (unpaired) electrons. The average molecular weight is 296 g/mol. The summed E-state index contributed by atoms with van der Waals surface area (Å²) in [5.74, 6) is -0.659. The fraction of sp³-hybridized carbons (Fsp3) is 0.500. The first-order valence-electron chi connectivity index (χ1n) is 6.54. The molecule has 2 heterocycles. The van der Waals surface area contributed by atoms with E-state index in [1.807, 2.05) is 4.90 Å².